The Morgan fingerprint density at radius 1 is 0.805 bits per heavy atom. The molecular formula is C35H46FN3OS. The molecule has 3 aromatic carbocycles. The van der Waals surface area contributed by atoms with Crippen molar-refractivity contribution in [2.75, 3.05) is 55.7 Å². The van der Waals surface area contributed by atoms with E-state index in [0.29, 0.717) is 37.8 Å². The van der Waals surface area contributed by atoms with E-state index in [-0.39, 0.29) is 11.7 Å². The molecule has 2 heterocycles. The average molecular weight is 576 g/mol. The molecule has 0 unspecified atom stereocenters. The number of benzene rings is 3. The van der Waals surface area contributed by atoms with Gasteiger partial charge in [0, 0.05) is 62.9 Å². The van der Waals surface area contributed by atoms with E-state index in [0.717, 1.165) is 18.5 Å². The molecule has 5 rings (SSSR count). The summed E-state index contributed by atoms with van der Waals surface area (Å²) in [5, 5.41) is 0. The molecule has 6 heteroatoms. The smallest absolute Gasteiger partial charge is 0.253 e. The van der Waals surface area contributed by atoms with Crippen molar-refractivity contribution >= 4 is 23.4 Å². The molecule has 0 atom stereocenters. The number of aryl methyl sites for hydroxylation is 1. The van der Waals surface area contributed by atoms with Crippen LogP contribution in [0.15, 0.2) is 72.8 Å². The van der Waals surface area contributed by atoms with Crippen molar-refractivity contribution in [3.8, 4) is 0 Å². The number of piperazine rings is 1. The summed E-state index contributed by atoms with van der Waals surface area (Å²) in [7, 11) is 0. The van der Waals surface area contributed by atoms with E-state index in [9.17, 15) is 9.18 Å². The number of hydrogen-bond donors (Lipinski definition) is 0. The van der Waals surface area contributed by atoms with Crippen LogP contribution in [-0.4, -0.2) is 66.5 Å². The molecule has 2 fully saturated rings. The molecule has 0 spiro atoms. The van der Waals surface area contributed by atoms with Crippen molar-refractivity contribution in [1.82, 2.24) is 9.80 Å². The number of carbonyl (C=O) groups excluding carboxylic acids is 1. The van der Waals surface area contributed by atoms with Gasteiger partial charge in [-0.15, -0.1) is 0 Å². The lowest BCUT2D eigenvalue weighted by Crippen LogP contribution is -2.49. The molecule has 0 radical (unpaired) electrons. The van der Waals surface area contributed by atoms with Crippen molar-refractivity contribution in [3.05, 3.63) is 101 Å². The Balaban J connectivity index is 0.000000208. The number of halogens is 1. The molecule has 2 aliphatic rings. The van der Waals surface area contributed by atoms with E-state index < -0.39 is 0 Å². The Kier molecular flexibility index (Phi) is 12.1. The summed E-state index contributed by atoms with van der Waals surface area (Å²) in [6.07, 6.45) is 3.47. The minimum absolute atomic E-state index is 0.0595. The Morgan fingerprint density at radius 2 is 1.41 bits per heavy atom. The molecule has 220 valence electrons. The van der Waals surface area contributed by atoms with Crippen molar-refractivity contribution in [2.45, 2.75) is 46.6 Å². The molecule has 0 aliphatic carbocycles. The molecule has 0 N–H and O–H groups in total. The van der Waals surface area contributed by atoms with E-state index in [4.69, 9.17) is 0 Å². The first-order valence-corrected chi connectivity index (χ1v) is 16.3. The van der Waals surface area contributed by atoms with E-state index >= 15 is 0 Å². The highest BCUT2D eigenvalue weighted by molar-refractivity contribution is 7.99. The number of thioether (sulfide) groups is 1. The number of carbonyl (C=O) groups is 1. The van der Waals surface area contributed by atoms with Crippen LogP contribution in [0.2, 0.25) is 0 Å². The first kappa shape index (κ1) is 31.1. The van der Waals surface area contributed by atoms with Gasteiger partial charge in [-0.1, -0.05) is 75.7 Å². The van der Waals surface area contributed by atoms with E-state index in [1.807, 2.05) is 40.1 Å². The van der Waals surface area contributed by atoms with Gasteiger partial charge in [-0.05, 0) is 59.7 Å². The van der Waals surface area contributed by atoms with Gasteiger partial charge in [0.2, 0.25) is 0 Å². The largest absolute Gasteiger partial charge is 0.366 e. The van der Waals surface area contributed by atoms with Crippen LogP contribution < -0.4 is 4.90 Å². The maximum Gasteiger partial charge on any atom is 0.253 e. The normalized spacial score (nSPS) is 15.9. The van der Waals surface area contributed by atoms with Crippen LogP contribution in [0.5, 0.6) is 0 Å². The number of nitrogens with zero attached hydrogens (tertiary/aromatic N) is 3. The number of rotatable bonds is 8. The van der Waals surface area contributed by atoms with Gasteiger partial charge >= 0.3 is 0 Å². The lowest BCUT2D eigenvalue weighted by molar-refractivity contribution is 0.0746. The first-order valence-electron chi connectivity index (χ1n) is 15.2. The van der Waals surface area contributed by atoms with Crippen LogP contribution >= 0.6 is 11.8 Å². The second-order valence-corrected chi connectivity index (χ2v) is 12.7. The fourth-order valence-electron chi connectivity index (χ4n) is 5.41. The monoisotopic (exact) mass is 575 g/mol. The lowest BCUT2D eigenvalue weighted by atomic mass is 10.0. The summed E-state index contributed by atoms with van der Waals surface area (Å²) in [5.41, 5.74) is 5.54. The summed E-state index contributed by atoms with van der Waals surface area (Å²) in [5.74, 6) is 3.06. The molecule has 0 bridgehead atoms. The van der Waals surface area contributed by atoms with Gasteiger partial charge in [0.25, 0.3) is 5.91 Å². The Hall–Kier alpha value is -2.83. The van der Waals surface area contributed by atoms with Gasteiger partial charge in [-0.2, -0.15) is 11.8 Å². The minimum atomic E-state index is -0.206. The molecule has 0 aromatic heterocycles. The molecule has 41 heavy (non-hydrogen) atoms. The molecular weight excluding hydrogens is 529 g/mol. The summed E-state index contributed by atoms with van der Waals surface area (Å²) in [6, 6.07) is 23.9. The number of hydrogen-bond acceptors (Lipinski definition) is 4. The zero-order valence-corrected chi connectivity index (χ0v) is 25.8. The second kappa shape index (κ2) is 16.0. The van der Waals surface area contributed by atoms with Gasteiger partial charge in [0.05, 0.1) is 5.69 Å². The number of para-hydroxylation sites is 1. The Labute approximate surface area is 250 Å². The van der Waals surface area contributed by atoms with Gasteiger partial charge < -0.3 is 9.80 Å². The van der Waals surface area contributed by atoms with Gasteiger partial charge in [-0.25, -0.2) is 4.39 Å². The van der Waals surface area contributed by atoms with E-state index in [1.165, 1.54) is 60.2 Å². The standard InChI is InChI=1S/C21H25FN2O.C14H21NS/c1-16(2)15-17-7-9-18(10-8-17)21(25)24-13-11-23(12-14-24)20-6-4-3-5-19(20)22;1-2-3-13-4-6-14(7-5-13)12-15-8-10-16-11-9-15/h3-10,16H,11-15H2,1-2H3;4-7H,2-3,8-12H2,1H3. The first-order chi connectivity index (χ1) is 19.9. The van der Waals surface area contributed by atoms with Gasteiger partial charge in [0.15, 0.2) is 0 Å². The molecule has 4 nitrogen and oxygen atoms in total. The van der Waals surface area contributed by atoms with Crippen LogP contribution in [0.1, 0.15) is 54.2 Å². The van der Waals surface area contributed by atoms with Crippen LogP contribution in [0.25, 0.3) is 0 Å². The van der Waals surface area contributed by atoms with Crippen LogP contribution in [0, 0.1) is 11.7 Å². The van der Waals surface area contributed by atoms with Crippen molar-refractivity contribution in [2.24, 2.45) is 5.92 Å². The van der Waals surface area contributed by atoms with Crippen LogP contribution in [-0.2, 0) is 19.4 Å². The Bertz CT molecular complexity index is 1200. The zero-order valence-electron chi connectivity index (χ0n) is 25.0. The summed E-state index contributed by atoms with van der Waals surface area (Å²) >= 11 is 2.08. The maximum absolute atomic E-state index is 13.9. The predicted molar refractivity (Wildman–Crippen MR) is 173 cm³/mol. The number of anilines is 1. The summed E-state index contributed by atoms with van der Waals surface area (Å²) in [4.78, 5) is 19.1. The molecule has 2 saturated heterocycles. The highest BCUT2D eigenvalue weighted by Gasteiger charge is 2.23. The molecule has 1 amide bonds. The third-order valence-corrected chi connectivity index (χ3v) is 8.62. The molecule has 0 saturated carbocycles. The molecule has 3 aromatic rings. The second-order valence-electron chi connectivity index (χ2n) is 11.5. The summed E-state index contributed by atoms with van der Waals surface area (Å²) < 4.78 is 13.9. The van der Waals surface area contributed by atoms with Gasteiger partial charge in [-0.3, -0.25) is 9.69 Å². The number of amides is 1. The average Bonchev–Trinajstić information content (AvgIpc) is 2.99. The van der Waals surface area contributed by atoms with Crippen molar-refractivity contribution < 1.29 is 9.18 Å². The fraction of sp³-hybridized carbons (Fsp3) is 0.457. The van der Waals surface area contributed by atoms with Crippen molar-refractivity contribution in [1.29, 1.82) is 0 Å². The summed E-state index contributed by atoms with van der Waals surface area (Å²) in [6.45, 7) is 12.8. The Morgan fingerprint density at radius 3 is 2.02 bits per heavy atom. The SMILES string of the molecule is CC(C)Cc1ccc(C(=O)N2CCN(c3ccccc3F)CC2)cc1.CCCc1ccc(CN2CCSCC2)cc1. The third-order valence-electron chi connectivity index (χ3n) is 7.68. The van der Waals surface area contributed by atoms with Crippen molar-refractivity contribution in [3.63, 3.8) is 0 Å². The highest BCUT2D eigenvalue weighted by atomic mass is 32.2. The van der Waals surface area contributed by atoms with Gasteiger partial charge in [0.1, 0.15) is 5.82 Å². The topological polar surface area (TPSA) is 26.8 Å². The molecule has 2 aliphatic heterocycles. The van der Waals surface area contributed by atoms with E-state index in [2.05, 4.69) is 61.7 Å². The van der Waals surface area contributed by atoms with E-state index in [1.54, 1.807) is 12.1 Å². The zero-order chi connectivity index (χ0) is 29.0. The predicted octanol–water partition coefficient (Wildman–Crippen LogP) is 7.17. The van der Waals surface area contributed by atoms with Crippen LogP contribution in [0.3, 0.4) is 0 Å². The lowest BCUT2D eigenvalue weighted by Gasteiger charge is -2.36. The third kappa shape index (κ3) is 9.61. The fourth-order valence-corrected chi connectivity index (χ4v) is 6.39. The quantitative estimate of drug-likeness (QED) is 0.284. The maximum atomic E-state index is 13.9. The van der Waals surface area contributed by atoms with Crippen LogP contribution in [0.4, 0.5) is 10.1 Å². The highest BCUT2D eigenvalue weighted by Crippen LogP contribution is 2.21. The minimum Gasteiger partial charge on any atom is -0.366 e.